The van der Waals surface area contributed by atoms with E-state index < -0.39 is 36.3 Å². The molecule has 1 atom stereocenters. The van der Waals surface area contributed by atoms with Crippen molar-refractivity contribution >= 4 is 23.7 Å². The number of amides is 2. The lowest BCUT2D eigenvalue weighted by atomic mass is 10.2. The second-order valence-corrected chi connectivity index (χ2v) is 8.15. The van der Waals surface area contributed by atoms with Gasteiger partial charge < -0.3 is 24.3 Å². The first kappa shape index (κ1) is 27.3. The first-order valence-electron chi connectivity index (χ1n) is 11.8. The van der Waals surface area contributed by atoms with E-state index in [0.29, 0.717) is 29.4 Å². The molecule has 2 N–H and O–H groups in total. The Labute approximate surface area is 221 Å². The van der Waals surface area contributed by atoms with Crippen LogP contribution in [-0.4, -0.2) is 44.0 Å². The number of fused-ring (bicyclic) bond motifs is 1. The number of nitrogens with zero attached hydrogens (tertiary/aromatic N) is 1. The van der Waals surface area contributed by atoms with Gasteiger partial charge in [0.05, 0.1) is 18.4 Å². The Morgan fingerprint density at radius 1 is 1.03 bits per heavy atom. The lowest BCUT2D eigenvalue weighted by molar-refractivity contribution is -0.137. The smallest absolute Gasteiger partial charge is 0.416 e. The van der Waals surface area contributed by atoms with Crippen molar-refractivity contribution in [2.24, 2.45) is 5.10 Å². The van der Waals surface area contributed by atoms with E-state index >= 15 is 0 Å². The van der Waals surface area contributed by atoms with Crippen LogP contribution in [0.1, 0.15) is 18.1 Å². The van der Waals surface area contributed by atoms with Gasteiger partial charge in [-0.1, -0.05) is 18.2 Å². The molecule has 39 heavy (non-hydrogen) atoms. The highest BCUT2D eigenvalue weighted by molar-refractivity contribution is 5.92. The normalized spacial score (nSPS) is 14.5. The summed E-state index contributed by atoms with van der Waals surface area (Å²) < 4.78 is 60.9. The molecule has 2 amide bonds. The molecule has 0 fully saturated rings. The summed E-state index contributed by atoms with van der Waals surface area (Å²) in [6, 6.07) is 16.1. The van der Waals surface area contributed by atoms with Gasteiger partial charge in [-0.2, -0.15) is 18.3 Å². The van der Waals surface area contributed by atoms with Crippen LogP contribution < -0.4 is 29.7 Å². The third kappa shape index (κ3) is 7.40. The highest BCUT2D eigenvalue weighted by atomic mass is 19.4. The van der Waals surface area contributed by atoms with Crippen LogP contribution in [0, 0.1) is 0 Å². The van der Waals surface area contributed by atoms with E-state index in [1.165, 1.54) is 18.3 Å². The van der Waals surface area contributed by atoms with Gasteiger partial charge in [0.25, 0.3) is 11.8 Å². The van der Waals surface area contributed by atoms with Gasteiger partial charge in [-0.15, -0.1) is 0 Å². The fraction of sp³-hybridized carbons (Fsp3) is 0.222. The number of halogens is 3. The number of hydrazone groups is 1. The summed E-state index contributed by atoms with van der Waals surface area (Å²) in [6.07, 6.45) is -4.00. The van der Waals surface area contributed by atoms with E-state index in [1.54, 1.807) is 49.4 Å². The molecule has 3 aromatic carbocycles. The van der Waals surface area contributed by atoms with Crippen molar-refractivity contribution in [3.8, 4) is 23.0 Å². The summed E-state index contributed by atoms with van der Waals surface area (Å²) in [5.74, 6) is 0.431. The molecule has 1 heterocycles. The predicted molar refractivity (Wildman–Crippen MR) is 135 cm³/mol. The molecule has 0 unspecified atom stereocenters. The maximum Gasteiger partial charge on any atom is 0.416 e. The Morgan fingerprint density at radius 2 is 1.82 bits per heavy atom. The third-order valence-electron chi connectivity index (χ3n) is 5.29. The second kappa shape index (κ2) is 12.2. The molecule has 12 heteroatoms. The summed E-state index contributed by atoms with van der Waals surface area (Å²) in [7, 11) is 0. The first-order valence-corrected chi connectivity index (χ1v) is 11.8. The number of carbonyl (C=O) groups excluding carboxylic acids is 2. The van der Waals surface area contributed by atoms with E-state index in [4.69, 9.17) is 18.9 Å². The third-order valence-corrected chi connectivity index (χ3v) is 5.29. The first-order chi connectivity index (χ1) is 18.7. The standard InChI is InChI=1S/C27H24F3N3O6/c1-2-36-23-12-17(14-31-33-26(35)24-15-37-20-8-3-4-9-22(20)39-24)10-11-21(23)38-16-25(34)32-19-7-5-6-18(13-19)27(28,29)30/h3-14,24H,2,15-16H2,1H3,(H,32,34)(H,33,35)/b31-14-/t24-/m1/s1. The van der Waals surface area contributed by atoms with Gasteiger partial charge in [0, 0.05) is 5.69 Å². The van der Waals surface area contributed by atoms with Gasteiger partial charge >= 0.3 is 6.18 Å². The average molecular weight is 543 g/mol. The summed E-state index contributed by atoms with van der Waals surface area (Å²) in [5.41, 5.74) is 2.08. The zero-order valence-corrected chi connectivity index (χ0v) is 20.7. The molecule has 0 aromatic heterocycles. The van der Waals surface area contributed by atoms with Crippen molar-refractivity contribution in [2.45, 2.75) is 19.2 Å². The van der Waals surface area contributed by atoms with Gasteiger partial charge in [0.2, 0.25) is 6.10 Å². The quantitative estimate of drug-likeness (QED) is 0.306. The van der Waals surface area contributed by atoms with Gasteiger partial charge in [-0.3, -0.25) is 9.59 Å². The van der Waals surface area contributed by atoms with Gasteiger partial charge in [0.1, 0.15) is 6.61 Å². The summed E-state index contributed by atoms with van der Waals surface area (Å²) in [4.78, 5) is 24.6. The molecule has 0 radical (unpaired) electrons. The Hall–Kier alpha value is -4.74. The maximum atomic E-state index is 12.9. The molecule has 0 bridgehead atoms. The molecule has 1 aliphatic heterocycles. The number of anilines is 1. The number of rotatable bonds is 9. The predicted octanol–water partition coefficient (Wildman–Crippen LogP) is 4.41. The Morgan fingerprint density at radius 3 is 2.59 bits per heavy atom. The van der Waals surface area contributed by atoms with E-state index in [9.17, 15) is 22.8 Å². The van der Waals surface area contributed by atoms with Gasteiger partial charge in [-0.25, -0.2) is 5.43 Å². The van der Waals surface area contributed by atoms with E-state index in [0.717, 1.165) is 12.1 Å². The number of alkyl halides is 3. The van der Waals surface area contributed by atoms with Crippen LogP contribution in [0.4, 0.5) is 18.9 Å². The van der Waals surface area contributed by atoms with Crippen LogP contribution in [0.3, 0.4) is 0 Å². The van der Waals surface area contributed by atoms with Gasteiger partial charge in [0.15, 0.2) is 29.6 Å². The van der Waals surface area contributed by atoms with Crippen molar-refractivity contribution < 1.29 is 41.7 Å². The topological polar surface area (TPSA) is 107 Å². The van der Waals surface area contributed by atoms with E-state index in [2.05, 4.69) is 15.8 Å². The minimum atomic E-state index is -4.53. The lowest BCUT2D eigenvalue weighted by Crippen LogP contribution is -2.42. The molecule has 1 aliphatic rings. The lowest BCUT2D eigenvalue weighted by Gasteiger charge is -2.24. The average Bonchev–Trinajstić information content (AvgIpc) is 2.92. The summed E-state index contributed by atoms with van der Waals surface area (Å²) in [5, 5.41) is 6.32. The van der Waals surface area contributed by atoms with Crippen LogP contribution in [0.5, 0.6) is 23.0 Å². The SMILES string of the molecule is CCOc1cc(/C=N\NC(=O)[C@H]2COc3ccccc3O2)ccc1OCC(=O)Nc1cccc(C(F)(F)F)c1. The molecular weight excluding hydrogens is 519 g/mol. The van der Waals surface area contributed by atoms with Crippen molar-refractivity contribution in [2.75, 3.05) is 25.1 Å². The van der Waals surface area contributed by atoms with Crippen LogP contribution in [0.25, 0.3) is 0 Å². The van der Waals surface area contributed by atoms with Gasteiger partial charge in [-0.05, 0) is 61.0 Å². The van der Waals surface area contributed by atoms with E-state index in [1.807, 2.05) is 0 Å². The fourth-order valence-corrected chi connectivity index (χ4v) is 3.50. The molecule has 4 rings (SSSR count). The molecule has 0 aliphatic carbocycles. The number of hydrogen-bond acceptors (Lipinski definition) is 7. The summed E-state index contributed by atoms with van der Waals surface area (Å²) >= 11 is 0. The largest absolute Gasteiger partial charge is 0.490 e. The second-order valence-electron chi connectivity index (χ2n) is 8.15. The van der Waals surface area contributed by atoms with Crippen LogP contribution >= 0.6 is 0 Å². The molecule has 204 valence electrons. The Kier molecular flexibility index (Phi) is 8.54. The Balaban J connectivity index is 1.32. The van der Waals surface area contributed by atoms with Crippen LogP contribution in [0.15, 0.2) is 71.8 Å². The number of nitrogens with one attached hydrogen (secondary N) is 2. The minimum absolute atomic E-state index is 0.00791. The number of ether oxygens (including phenoxy) is 4. The highest BCUT2D eigenvalue weighted by Gasteiger charge is 2.30. The summed E-state index contributed by atoms with van der Waals surface area (Å²) in [6.45, 7) is 1.63. The minimum Gasteiger partial charge on any atom is -0.490 e. The highest BCUT2D eigenvalue weighted by Crippen LogP contribution is 2.32. The zero-order chi connectivity index (χ0) is 27.8. The van der Waals surface area contributed by atoms with Crippen molar-refractivity contribution in [1.29, 1.82) is 0 Å². The molecule has 9 nitrogen and oxygen atoms in total. The van der Waals surface area contributed by atoms with Crippen molar-refractivity contribution in [3.05, 3.63) is 77.9 Å². The molecule has 0 saturated heterocycles. The number of benzene rings is 3. The maximum absolute atomic E-state index is 12.9. The number of para-hydroxylation sites is 2. The van der Waals surface area contributed by atoms with E-state index in [-0.39, 0.29) is 18.0 Å². The van der Waals surface area contributed by atoms with Crippen LogP contribution in [0.2, 0.25) is 0 Å². The van der Waals surface area contributed by atoms with Crippen molar-refractivity contribution in [3.63, 3.8) is 0 Å². The Bertz CT molecular complexity index is 1360. The van der Waals surface area contributed by atoms with Crippen molar-refractivity contribution in [1.82, 2.24) is 5.43 Å². The molecule has 3 aromatic rings. The number of carbonyl (C=O) groups is 2. The number of hydrogen-bond donors (Lipinski definition) is 2. The monoisotopic (exact) mass is 543 g/mol. The molecular formula is C27H24F3N3O6. The fourth-order valence-electron chi connectivity index (χ4n) is 3.50. The van der Waals surface area contributed by atoms with Crippen LogP contribution in [-0.2, 0) is 15.8 Å². The zero-order valence-electron chi connectivity index (χ0n) is 20.7. The molecule has 0 spiro atoms. The molecule has 0 saturated carbocycles.